The second-order valence-electron chi connectivity index (χ2n) is 5.46. The van der Waals surface area contributed by atoms with Crippen LogP contribution in [0.4, 0.5) is 26.3 Å². The minimum absolute atomic E-state index is 0.312. The molecule has 0 aliphatic carbocycles. The number of carboxylic acids is 2. The summed E-state index contributed by atoms with van der Waals surface area (Å²) in [7, 11) is 0. The van der Waals surface area contributed by atoms with Crippen molar-refractivity contribution in [3.63, 3.8) is 0 Å². The van der Waals surface area contributed by atoms with Crippen LogP contribution in [0.1, 0.15) is 26.3 Å². The molecular formula is C17H10F6O5. The molecule has 1 unspecified atom stereocenters. The van der Waals surface area contributed by atoms with Gasteiger partial charge >= 0.3 is 18.1 Å². The number of benzene rings is 2. The molecule has 0 bridgehead atoms. The lowest BCUT2D eigenvalue weighted by Gasteiger charge is -2.27. The van der Waals surface area contributed by atoms with Crippen LogP contribution in [0.2, 0.25) is 0 Å². The third kappa shape index (κ3) is 3.87. The first-order chi connectivity index (χ1) is 12.9. The van der Waals surface area contributed by atoms with Crippen molar-refractivity contribution in [1.29, 1.82) is 0 Å². The van der Waals surface area contributed by atoms with E-state index in [-0.39, 0.29) is 5.75 Å². The normalized spacial score (nSPS) is 13.8. The maximum Gasteiger partial charge on any atom is 0.432 e. The molecule has 0 amide bonds. The van der Waals surface area contributed by atoms with Gasteiger partial charge in [-0.1, -0.05) is 12.1 Å². The van der Waals surface area contributed by atoms with Gasteiger partial charge in [-0.3, -0.25) is 0 Å². The van der Waals surface area contributed by atoms with Crippen molar-refractivity contribution in [1.82, 2.24) is 0 Å². The Kier molecular flexibility index (Phi) is 5.57. The first kappa shape index (κ1) is 21.1. The monoisotopic (exact) mass is 408 g/mol. The largest absolute Gasteiger partial charge is 0.478 e. The molecule has 2 aromatic rings. The van der Waals surface area contributed by atoms with Gasteiger partial charge in [-0.15, -0.1) is 0 Å². The zero-order chi connectivity index (χ0) is 21.3. The average Bonchev–Trinajstić information content (AvgIpc) is 2.59. The van der Waals surface area contributed by atoms with E-state index in [1.165, 1.54) is 0 Å². The van der Waals surface area contributed by atoms with E-state index in [2.05, 4.69) is 0 Å². The molecule has 2 rings (SSSR count). The summed E-state index contributed by atoms with van der Waals surface area (Å²) in [6, 6.07) is 5.42. The highest BCUT2D eigenvalue weighted by atomic mass is 19.4. The smallest absolute Gasteiger partial charge is 0.432 e. The first-order valence-electron chi connectivity index (χ1n) is 7.30. The van der Waals surface area contributed by atoms with Crippen LogP contribution in [-0.4, -0.2) is 34.8 Å². The fourth-order valence-electron chi connectivity index (χ4n) is 2.29. The highest BCUT2D eigenvalue weighted by Crippen LogP contribution is 2.47. The summed E-state index contributed by atoms with van der Waals surface area (Å²) in [4.78, 5) is 22.1. The summed E-state index contributed by atoms with van der Waals surface area (Å²) in [6.45, 7) is 0. The molecule has 0 saturated heterocycles. The molecule has 5 nitrogen and oxygen atoms in total. The molecule has 0 spiro atoms. The molecule has 0 fully saturated rings. The maximum absolute atomic E-state index is 14.1. The van der Waals surface area contributed by atoms with Crippen LogP contribution in [0, 0.1) is 0 Å². The predicted octanol–water partition coefficient (Wildman–Crippen LogP) is 4.87. The second-order valence-corrected chi connectivity index (χ2v) is 5.46. The standard InChI is InChI=1S/C17H10F6O5/c18-15(19)16(20,17(21,22)23)8-2-1-3-9(6-8)28-10-4-5-11(13(24)25)12(7-10)14(26)27/h1-7,15H,(H,24,25)(H,26,27). The third-order valence-electron chi connectivity index (χ3n) is 3.65. The molecule has 0 heterocycles. The maximum atomic E-state index is 14.1. The number of alkyl halides is 6. The van der Waals surface area contributed by atoms with Gasteiger partial charge in [-0.05, 0) is 30.3 Å². The fraction of sp³-hybridized carbons (Fsp3) is 0.176. The molecular weight excluding hydrogens is 398 g/mol. The van der Waals surface area contributed by atoms with Crippen LogP contribution >= 0.6 is 0 Å². The molecule has 28 heavy (non-hydrogen) atoms. The Morgan fingerprint density at radius 3 is 1.93 bits per heavy atom. The number of aromatic carboxylic acids is 2. The topological polar surface area (TPSA) is 83.8 Å². The highest BCUT2D eigenvalue weighted by molar-refractivity contribution is 6.02. The molecule has 0 aliphatic rings. The van der Waals surface area contributed by atoms with Gasteiger partial charge in [0.25, 0.3) is 12.1 Å². The van der Waals surface area contributed by atoms with Crippen molar-refractivity contribution in [2.24, 2.45) is 0 Å². The summed E-state index contributed by atoms with van der Waals surface area (Å²) in [5.74, 6) is -3.97. The van der Waals surface area contributed by atoms with E-state index in [0.717, 1.165) is 30.3 Å². The van der Waals surface area contributed by atoms with Crippen molar-refractivity contribution < 1.29 is 50.9 Å². The second kappa shape index (κ2) is 7.41. The first-order valence-corrected chi connectivity index (χ1v) is 7.30. The van der Waals surface area contributed by atoms with Crippen LogP contribution in [0.15, 0.2) is 42.5 Å². The van der Waals surface area contributed by atoms with Gasteiger partial charge in [0.2, 0.25) is 0 Å². The van der Waals surface area contributed by atoms with Gasteiger partial charge in [0.05, 0.1) is 11.1 Å². The summed E-state index contributed by atoms with van der Waals surface area (Å²) in [5, 5.41) is 18.0. The molecule has 0 aromatic heterocycles. The van der Waals surface area contributed by atoms with Gasteiger partial charge in [0.1, 0.15) is 11.5 Å². The molecule has 150 valence electrons. The average molecular weight is 408 g/mol. The Balaban J connectivity index is 2.45. The van der Waals surface area contributed by atoms with Crippen LogP contribution in [0.3, 0.4) is 0 Å². The van der Waals surface area contributed by atoms with Gasteiger partial charge in [-0.25, -0.2) is 22.8 Å². The van der Waals surface area contributed by atoms with Gasteiger partial charge in [-0.2, -0.15) is 13.2 Å². The molecule has 1 atom stereocenters. The number of carbonyl (C=O) groups is 2. The third-order valence-corrected chi connectivity index (χ3v) is 3.65. The highest BCUT2D eigenvalue weighted by Gasteiger charge is 2.64. The lowest BCUT2D eigenvalue weighted by Crippen LogP contribution is -2.44. The molecule has 0 saturated carbocycles. The summed E-state index contributed by atoms with van der Waals surface area (Å²) < 4.78 is 83.4. The Morgan fingerprint density at radius 2 is 1.43 bits per heavy atom. The molecule has 0 radical (unpaired) electrons. The van der Waals surface area contributed by atoms with E-state index in [1.807, 2.05) is 0 Å². The quantitative estimate of drug-likeness (QED) is 0.667. The van der Waals surface area contributed by atoms with Crippen molar-refractivity contribution in [3.05, 3.63) is 59.2 Å². The zero-order valence-corrected chi connectivity index (χ0v) is 13.5. The number of rotatable bonds is 6. The minimum atomic E-state index is -5.90. The van der Waals surface area contributed by atoms with Gasteiger partial charge < -0.3 is 14.9 Å². The van der Waals surface area contributed by atoms with Gasteiger partial charge in [0.15, 0.2) is 0 Å². The Labute approximate surface area is 152 Å². The number of hydrogen-bond donors (Lipinski definition) is 2. The zero-order valence-electron chi connectivity index (χ0n) is 13.5. The minimum Gasteiger partial charge on any atom is -0.478 e. The van der Waals surface area contributed by atoms with Crippen molar-refractivity contribution in [2.75, 3.05) is 0 Å². The van der Waals surface area contributed by atoms with Gasteiger partial charge in [0, 0.05) is 5.56 Å². The van der Waals surface area contributed by atoms with Crippen LogP contribution in [0.5, 0.6) is 11.5 Å². The van der Waals surface area contributed by atoms with Crippen molar-refractivity contribution in [3.8, 4) is 11.5 Å². The van der Waals surface area contributed by atoms with E-state index in [0.29, 0.717) is 12.1 Å². The summed E-state index contributed by atoms with van der Waals surface area (Å²) >= 11 is 0. The Hall–Kier alpha value is -3.24. The molecule has 2 aromatic carbocycles. The van der Waals surface area contributed by atoms with E-state index < -0.39 is 52.6 Å². The summed E-state index contributed by atoms with van der Waals surface area (Å²) in [6.07, 6.45) is -10.3. The SMILES string of the molecule is O=C(O)c1ccc(Oc2cccc(C(F)(C(F)F)C(F)(F)F)c2)cc1C(=O)O. The van der Waals surface area contributed by atoms with E-state index in [4.69, 9.17) is 14.9 Å². The predicted molar refractivity (Wildman–Crippen MR) is 81.7 cm³/mol. The summed E-state index contributed by atoms with van der Waals surface area (Å²) in [5.41, 5.74) is -7.60. The lowest BCUT2D eigenvalue weighted by atomic mass is 9.95. The molecule has 11 heteroatoms. The number of carboxylic acid groups (broad SMARTS) is 2. The number of ether oxygens (including phenoxy) is 1. The lowest BCUT2D eigenvalue weighted by molar-refractivity contribution is -0.274. The van der Waals surface area contributed by atoms with E-state index in [1.54, 1.807) is 0 Å². The fourth-order valence-corrected chi connectivity index (χ4v) is 2.29. The molecule has 0 aliphatic heterocycles. The molecule has 2 N–H and O–H groups in total. The van der Waals surface area contributed by atoms with Crippen LogP contribution < -0.4 is 4.74 Å². The number of halogens is 6. The van der Waals surface area contributed by atoms with Crippen molar-refractivity contribution in [2.45, 2.75) is 18.3 Å². The number of hydrogen-bond acceptors (Lipinski definition) is 3. The Bertz CT molecular complexity index is 911. The Morgan fingerprint density at radius 1 is 0.857 bits per heavy atom. The van der Waals surface area contributed by atoms with Crippen LogP contribution in [0.25, 0.3) is 0 Å². The van der Waals surface area contributed by atoms with E-state index >= 15 is 0 Å². The van der Waals surface area contributed by atoms with Crippen LogP contribution in [-0.2, 0) is 5.67 Å². The van der Waals surface area contributed by atoms with Crippen molar-refractivity contribution >= 4 is 11.9 Å². The van der Waals surface area contributed by atoms with E-state index in [9.17, 15) is 35.9 Å².